The van der Waals surface area contributed by atoms with Gasteiger partial charge in [-0.15, -0.1) is 0 Å². The molecule has 0 bridgehead atoms. The number of hydrogen-bond donors (Lipinski definition) is 1. The second-order valence-electron chi connectivity index (χ2n) is 6.00. The summed E-state index contributed by atoms with van der Waals surface area (Å²) in [5, 5.41) is 3.32. The molecule has 0 aliphatic rings. The van der Waals surface area contributed by atoms with E-state index in [1.807, 2.05) is 36.4 Å². The van der Waals surface area contributed by atoms with Gasteiger partial charge in [-0.1, -0.05) is 60.7 Å². The molecule has 5 heteroatoms. The summed E-state index contributed by atoms with van der Waals surface area (Å²) in [4.78, 5) is 12.8. The minimum Gasteiger partial charge on any atom is -0.489 e. The van der Waals surface area contributed by atoms with Gasteiger partial charge in [-0.05, 0) is 35.9 Å². The van der Waals surface area contributed by atoms with Crippen molar-refractivity contribution in [2.45, 2.75) is 6.61 Å². The van der Waals surface area contributed by atoms with Crippen LogP contribution in [-0.4, -0.2) is 12.5 Å². The number of rotatable bonds is 8. The van der Waals surface area contributed by atoms with Crippen molar-refractivity contribution in [2.75, 3.05) is 11.9 Å². The predicted octanol–water partition coefficient (Wildman–Crippen LogP) is 5.74. The van der Waals surface area contributed by atoms with Crippen LogP contribution in [0.3, 0.4) is 0 Å². The second kappa shape index (κ2) is 9.62. The molecule has 0 aliphatic carbocycles. The third-order valence-electron chi connectivity index (χ3n) is 3.88. The Morgan fingerprint density at radius 1 is 1.00 bits per heavy atom. The fourth-order valence-electron chi connectivity index (χ4n) is 2.56. The van der Waals surface area contributed by atoms with E-state index in [-0.39, 0.29) is 5.91 Å². The molecule has 0 atom stereocenters. The van der Waals surface area contributed by atoms with Crippen LogP contribution in [0.2, 0.25) is 5.02 Å². The van der Waals surface area contributed by atoms with Crippen molar-refractivity contribution in [1.29, 1.82) is 0 Å². The zero-order valence-electron chi connectivity index (χ0n) is 15.2. The van der Waals surface area contributed by atoms with Crippen LogP contribution in [0.15, 0.2) is 85.5 Å². The Morgan fingerprint density at radius 3 is 2.61 bits per heavy atom. The summed E-state index contributed by atoms with van der Waals surface area (Å²) in [6.45, 7) is 4.37. The molecule has 3 aromatic carbocycles. The van der Waals surface area contributed by atoms with Crippen LogP contribution in [-0.2, 0) is 6.61 Å². The van der Waals surface area contributed by atoms with E-state index in [1.54, 1.807) is 42.5 Å². The van der Waals surface area contributed by atoms with Crippen molar-refractivity contribution < 1.29 is 14.3 Å². The van der Waals surface area contributed by atoms with Crippen molar-refractivity contribution in [1.82, 2.24) is 0 Å². The number of carbonyl (C=O) groups is 1. The Kier molecular flexibility index (Phi) is 6.71. The van der Waals surface area contributed by atoms with Gasteiger partial charge in [-0.2, -0.15) is 0 Å². The second-order valence-corrected chi connectivity index (χ2v) is 6.43. The molecular formula is C23H20ClNO3. The van der Waals surface area contributed by atoms with Gasteiger partial charge in [0.05, 0.1) is 5.56 Å². The number of halogens is 1. The first-order valence-electron chi connectivity index (χ1n) is 8.77. The molecule has 3 rings (SSSR count). The summed E-state index contributed by atoms with van der Waals surface area (Å²) in [6.07, 6.45) is 1.66. The number of ether oxygens (including phenoxy) is 2. The van der Waals surface area contributed by atoms with Gasteiger partial charge in [0.25, 0.3) is 5.91 Å². The molecule has 0 aromatic heterocycles. The zero-order valence-corrected chi connectivity index (χ0v) is 16.0. The molecule has 4 nitrogen and oxygen atoms in total. The molecule has 0 aliphatic heterocycles. The quantitative estimate of drug-likeness (QED) is 0.496. The van der Waals surface area contributed by atoms with Crippen LogP contribution in [0.25, 0.3) is 0 Å². The Bertz CT molecular complexity index is 957. The molecule has 1 amide bonds. The minimum atomic E-state index is -0.313. The van der Waals surface area contributed by atoms with Gasteiger partial charge in [0.1, 0.15) is 24.7 Å². The van der Waals surface area contributed by atoms with Crippen molar-refractivity contribution in [3.63, 3.8) is 0 Å². The summed E-state index contributed by atoms with van der Waals surface area (Å²) >= 11 is 6.10. The molecular weight excluding hydrogens is 374 g/mol. The van der Waals surface area contributed by atoms with Crippen LogP contribution >= 0.6 is 11.6 Å². The fourth-order valence-corrected chi connectivity index (χ4v) is 2.73. The Labute approximate surface area is 169 Å². The average molecular weight is 394 g/mol. The van der Waals surface area contributed by atoms with E-state index in [0.29, 0.717) is 41.0 Å². The van der Waals surface area contributed by atoms with E-state index in [0.717, 1.165) is 5.56 Å². The van der Waals surface area contributed by atoms with E-state index >= 15 is 0 Å². The van der Waals surface area contributed by atoms with Crippen molar-refractivity contribution >= 4 is 23.2 Å². The van der Waals surface area contributed by atoms with Crippen LogP contribution in [0.4, 0.5) is 5.69 Å². The van der Waals surface area contributed by atoms with Crippen molar-refractivity contribution in [2.24, 2.45) is 0 Å². The first-order valence-corrected chi connectivity index (χ1v) is 9.15. The normalized spacial score (nSPS) is 10.2. The standard InChI is InChI=1S/C23H20ClNO3/c1-2-13-27-20-10-6-9-19(15-20)25-23(26)21-14-18(24)11-12-22(21)28-16-17-7-4-3-5-8-17/h2-12,14-15H,1,13,16H2,(H,25,26). The highest BCUT2D eigenvalue weighted by Crippen LogP contribution is 2.26. The van der Waals surface area contributed by atoms with Gasteiger partial charge in [-0.25, -0.2) is 0 Å². The van der Waals surface area contributed by atoms with E-state index in [1.165, 1.54) is 0 Å². The smallest absolute Gasteiger partial charge is 0.259 e. The Balaban J connectivity index is 1.75. The molecule has 28 heavy (non-hydrogen) atoms. The molecule has 0 saturated heterocycles. The van der Waals surface area contributed by atoms with Crippen molar-refractivity contribution in [3.8, 4) is 11.5 Å². The number of carbonyl (C=O) groups excluding carboxylic acids is 1. The minimum absolute atomic E-state index is 0.313. The lowest BCUT2D eigenvalue weighted by molar-refractivity contribution is 0.102. The lowest BCUT2D eigenvalue weighted by Crippen LogP contribution is -2.14. The summed E-state index contributed by atoms with van der Waals surface area (Å²) in [5.41, 5.74) is 1.98. The highest BCUT2D eigenvalue weighted by molar-refractivity contribution is 6.31. The van der Waals surface area contributed by atoms with Gasteiger partial charge >= 0.3 is 0 Å². The number of amides is 1. The fraction of sp³-hybridized carbons (Fsp3) is 0.0870. The van der Waals surface area contributed by atoms with E-state index in [4.69, 9.17) is 21.1 Å². The van der Waals surface area contributed by atoms with Crippen LogP contribution in [0, 0.1) is 0 Å². The number of benzene rings is 3. The monoisotopic (exact) mass is 393 g/mol. The summed E-state index contributed by atoms with van der Waals surface area (Å²) in [7, 11) is 0. The van der Waals surface area contributed by atoms with Crippen molar-refractivity contribution in [3.05, 3.63) is 102 Å². The molecule has 0 unspecified atom stereocenters. The average Bonchev–Trinajstić information content (AvgIpc) is 2.72. The summed E-state index contributed by atoms with van der Waals surface area (Å²) in [5.74, 6) is 0.792. The maximum absolute atomic E-state index is 12.8. The molecule has 1 N–H and O–H groups in total. The Morgan fingerprint density at radius 2 is 1.82 bits per heavy atom. The van der Waals surface area contributed by atoms with E-state index in [9.17, 15) is 4.79 Å². The van der Waals surface area contributed by atoms with Gasteiger partial charge < -0.3 is 14.8 Å². The molecule has 3 aromatic rings. The first kappa shape index (κ1) is 19.5. The molecule has 0 radical (unpaired) electrons. The highest BCUT2D eigenvalue weighted by atomic mass is 35.5. The zero-order chi connectivity index (χ0) is 19.8. The van der Waals surface area contributed by atoms with Crippen LogP contribution < -0.4 is 14.8 Å². The van der Waals surface area contributed by atoms with Crippen LogP contribution in [0.5, 0.6) is 11.5 Å². The third-order valence-corrected chi connectivity index (χ3v) is 4.12. The number of nitrogens with one attached hydrogen (secondary N) is 1. The Hall–Kier alpha value is -3.24. The lowest BCUT2D eigenvalue weighted by Gasteiger charge is -2.13. The summed E-state index contributed by atoms with van der Waals surface area (Å²) < 4.78 is 11.4. The van der Waals surface area contributed by atoms with Crippen LogP contribution in [0.1, 0.15) is 15.9 Å². The maximum atomic E-state index is 12.8. The number of anilines is 1. The topological polar surface area (TPSA) is 47.6 Å². The molecule has 0 spiro atoms. The number of hydrogen-bond acceptors (Lipinski definition) is 3. The largest absolute Gasteiger partial charge is 0.489 e. The summed E-state index contributed by atoms with van der Waals surface area (Å²) in [6, 6.07) is 21.9. The predicted molar refractivity (Wildman–Crippen MR) is 112 cm³/mol. The maximum Gasteiger partial charge on any atom is 0.259 e. The van der Waals surface area contributed by atoms with Gasteiger partial charge in [0.2, 0.25) is 0 Å². The van der Waals surface area contributed by atoms with Gasteiger partial charge in [0.15, 0.2) is 0 Å². The molecule has 0 fully saturated rings. The third kappa shape index (κ3) is 5.38. The van der Waals surface area contributed by atoms with E-state index < -0.39 is 0 Å². The molecule has 142 valence electrons. The SMILES string of the molecule is C=CCOc1cccc(NC(=O)c2cc(Cl)ccc2OCc2ccccc2)c1. The highest BCUT2D eigenvalue weighted by Gasteiger charge is 2.14. The molecule has 0 heterocycles. The van der Waals surface area contributed by atoms with E-state index in [2.05, 4.69) is 11.9 Å². The lowest BCUT2D eigenvalue weighted by atomic mass is 10.1. The van der Waals surface area contributed by atoms with Gasteiger partial charge in [-0.3, -0.25) is 4.79 Å². The molecule has 0 saturated carbocycles. The van der Waals surface area contributed by atoms with Gasteiger partial charge in [0, 0.05) is 16.8 Å². The first-order chi connectivity index (χ1) is 13.7.